The zero-order valence-electron chi connectivity index (χ0n) is 17.2. The summed E-state index contributed by atoms with van der Waals surface area (Å²) in [5.74, 6) is -0.445. The van der Waals surface area contributed by atoms with Crippen molar-refractivity contribution in [2.45, 2.75) is 32.7 Å². The second-order valence-electron chi connectivity index (χ2n) is 7.45. The summed E-state index contributed by atoms with van der Waals surface area (Å²) in [4.78, 5) is 15.1. The quantitative estimate of drug-likeness (QED) is 0.547. The maximum atomic E-state index is 13.9. The number of halogens is 1. The number of aryl methyl sites for hydroxylation is 2. The molecule has 1 aliphatic heterocycles. The minimum Gasteiger partial charge on any atom is -0.351 e. The van der Waals surface area contributed by atoms with E-state index in [4.69, 9.17) is 0 Å². The van der Waals surface area contributed by atoms with E-state index in [2.05, 4.69) is 19.2 Å². The lowest BCUT2D eigenvalue weighted by molar-refractivity contribution is -0.114. The highest BCUT2D eigenvalue weighted by Gasteiger charge is 2.34. The Bertz CT molecular complexity index is 1070. The van der Waals surface area contributed by atoms with Crippen LogP contribution in [0.2, 0.25) is 0 Å². The van der Waals surface area contributed by atoms with Crippen LogP contribution in [0.25, 0.3) is 0 Å². The van der Waals surface area contributed by atoms with Gasteiger partial charge >= 0.3 is 0 Å². The summed E-state index contributed by atoms with van der Waals surface area (Å²) in [5.41, 5.74) is 5.32. The molecule has 4 heteroatoms. The van der Waals surface area contributed by atoms with Crippen molar-refractivity contribution in [3.63, 3.8) is 0 Å². The molecule has 0 aliphatic carbocycles. The van der Waals surface area contributed by atoms with Crippen LogP contribution in [0.5, 0.6) is 0 Å². The van der Waals surface area contributed by atoms with E-state index in [1.165, 1.54) is 23.3 Å². The first-order chi connectivity index (χ1) is 14.6. The number of amides is 1. The van der Waals surface area contributed by atoms with Gasteiger partial charge in [-0.05, 0) is 72.0 Å². The van der Waals surface area contributed by atoms with Gasteiger partial charge in [0.05, 0.1) is 6.04 Å². The summed E-state index contributed by atoms with van der Waals surface area (Å²) in [7, 11) is 0. The largest absolute Gasteiger partial charge is 0.351 e. The molecule has 0 fully saturated rings. The fourth-order valence-electron chi connectivity index (χ4n) is 3.74. The maximum Gasteiger partial charge on any atom is 0.275 e. The smallest absolute Gasteiger partial charge is 0.275 e. The Balaban J connectivity index is 1.69. The lowest BCUT2D eigenvalue weighted by Crippen LogP contribution is -2.30. The van der Waals surface area contributed by atoms with Gasteiger partial charge in [-0.3, -0.25) is 9.69 Å². The van der Waals surface area contributed by atoms with Gasteiger partial charge in [-0.15, -0.1) is 0 Å². The van der Waals surface area contributed by atoms with Gasteiger partial charge in [-0.1, -0.05) is 50.2 Å². The Morgan fingerprint density at radius 3 is 2.13 bits per heavy atom. The average Bonchev–Trinajstić information content (AvgIpc) is 3.10. The van der Waals surface area contributed by atoms with Crippen molar-refractivity contribution in [1.29, 1.82) is 0 Å². The molecule has 1 unspecified atom stereocenters. The summed E-state index contributed by atoms with van der Waals surface area (Å²) in [6.07, 6.45) is 3.77. The molecule has 0 radical (unpaired) electrons. The Morgan fingerprint density at radius 1 is 0.900 bits per heavy atom. The first kappa shape index (κ1) is 19.9. The third-order valence-electron chi connectivity index (χ3n) is 5.51. The standard InChI is InChI=1S/C26H25FN2O/c1-3-18-8-12-22(13-9-18)28-24-17-25(20-6-5-7-21(27)16-20)29(26(24)30)23-14-10-19(4-2)11-15-23/h5-17,25,28H,3-4H2,1-2H3. The predicted octanol–water partition coefficient (Wildman–Crippen LogP) is 6.03. The number of rotatable bonds is 6. The molecule has 1 aliphatic rings. The minimum atomic E-state index is -0.377. The van der Waals surface area contributed by atoms with Crippen LogP contribution in [0.4, 0.5) is 15.8 Å². The van der Waals surface area contributed by atoms with Crippen LogP contribution in [-0.2, 0) is 17.6 Å². The zero-order valence-corrected chi connectivity index (χ0v) is 17.2. The first-order valence-corrected chi connectivity index (χ1v) is 10.3. The second-order valence-corrected chi connectivity index (χ2v) is 7.45. The third kappa shape index (κ3) is 3.99. The molecule has 30 heavy (non-hydrogen) atoms. The van der Waals surface area contributed by atoms with E-state index >= 15 is 0 Å². The number of carbonyl (C=O) groups excluding carboxylic acids is 1. The molecule has 0 saturated heterocycles. The highest BCUT2D eigenvalue weighted by Crippen LogP contribution is 2.36. The Hall–Kier alpha value is -3.40. The van der Waals surface area contributed by atoms with Gasteiger partial charge in [-0.2, -0.15) is 0 Å². The Morgan fingerprint density at radius 2 is 1.53 bits per heavy atom. The monoisotopic (exact) mass is 400 g/mol. The molecule has 0 spiro atoms. The lowest BCUT2D eigenvalue weighted by Gasteiger charge is -2.25. The van der Waals surface area contributed by atoms with E-state index < -0.39 is 0 Å². The molecular weight excluding hydrogens is 375 g/mol. The molecule has 1 heterocycles. The molecule has 1 amide bonds. The van der Waals surface area contributed by atoms with Crippen molar-refractivity contribution in [2.75, 3.05) is 10.2 Å². The van der Waals surface area contributed by atoms with Crippen LogP contribution < -0.4 is 10.2 Å². The molecule has 3 aromatic carbocycles. The van der Waals surface area contributed by atoms with Crippen LogP contribution in [0, 0.1) is 5.82 Å². The van der Waals surface area contributed by atoms with Crippen LogP contribution in [0.15, 0.2) is 84.6 Å². The van der Waals surface area contributed by atoms with Crippen LogP contribution >= 0.6 is 0 Å². The molecule has 1 atom stereocenters. The fourth-order valence-corrected chi connectivity index (χ4v) is 3.74. The number of nitrogens with zero attached hydrogens (tertiary/aromatic N) is 1. The molecule has 4 rings (SSSR count). The van der Waals surface area contributed by atoms with Gasteiger partial charge in [0.1, 0.15) is 11.5 Å². The zero-order chi connectivity index (χ0) is 21.1. The molecule has 152 valence electrons. The first-order valence-electron chi connectivity index (χ1n) is 10.3. The van der Waals surface area contributed by atoms with Crippen molar-refractivity contribution < 1.29 is 9.18 Å². The van der Waals surface area contributed by atoms with E-state index in [1.807, 2.05) is 60.7 Å². The second kappa shape index (κ2) is 8.54. The van der Waals surface area contributed by atoms with E-state index in [1.54, 1.807) is 11.0 Å². The normalized spacial score (nSPS) is 16.0. The topological polar surface area (TPSA) is 32.3 Å². The van der Waals surface area contributed by atoms with Crippen LogP contribution in [0.1, 0.15) is 36.6 Å². The number of hydrogen-bond acceptors (Lipinski definition) is 2. The van der Waals surface area contributed by atoms with Crippen LogP contribution in [-0.4, -0.2) is 5.91 Å². The van der Waals surface area contributed by atoms with E-state index in [0.717, 1.165) is 29.8 Å². The van der Waals surface area contributed by atoms with E-state index in [9.17, 15) is 9.18 Å². The van der Waals surface area contributed by atoms with E-state index in [0.29, 0.717) is 5.70 Å². The molecule has 3 aromatic rings. The van der Waals surface area contributed by atoms with E-state index in [-0.39, 0.29) is 17.8 Å². The summed E-state index contributed by atoms with van der Waals surface area (Å²) in [5, 5.41) is 3.25. The molecule has 0 bridgehead atoms. The highest BCUT2D eigenvalue weighted by atomic mass is 19.1. The lowest BCUT2D eigenvalue weighted by atomic mass is 10.1. The maximum absolute atomic E-state index is 13.9. The van der Waals surface area contributed by atoms with Crippen molar-refractivity contribution >= 4 is 17.3 Å². The van der Waals surface area contributed by atoms with Gasteiger partial charge in [0.25, 0.3) is 5.91 Å². The van der Waals surface area contributed by atoms with Crippen molar-refractivity contribution in [1.82, 2.24) is 0 Å². The number of carbonyl (C=O) groups is 1. The Kier molecular flexibility index (Phi) is 5.66. The number of nitrogens with one attached hydrogen (secondary N) is 1. The van der Waals surface area contributed by atoms with Crippen molar-refractivity contribution in [3.8, 4) is 0 Å². The van der Waals surface area contributed by atoms with Gasteiger partial charge in [0, 0.05) is 11.4 Å². The molecule has 1 N–H and O–H groups in total. The highest BCUT2D eigenvalue weighted by molar-refractivity contribution is 6.11. The molecule has 0 saturated carbocycles. The minimum absolute atomic E-state index is 0.131. The SMILES string of the molecule is CCc1ccc(NC2=CC(c3cccc(F)c3)N(c3ccc(CC)cc3)C2=O)cc1. The number of anilines is 2. The van der Waals surface area contributed by atoms with Crippen molar-refractivity contribution in [2.24, 2.45) is 0 Å². The van der Waals surface area contributed by atoms with Crippen LogP contribution in [0.3, 0.4) is 0 Å². The number of hydrogen-bond donors (Lipinski definition) is 1. The van der Waals surface area contributed by atoms with Crippen molar-refractivity contribution in [3.05, 3.63) is 107 Å². The summed E-state index contributed by atoms with van der Waals surface area (Å²) < 4.78 is 13.9. The summed E-state index contributed by atoms with van der Waals surface area (Å²) in [6, 6.07) is 22.1. The summed E-state index contributed by atoms with van der Waals surface area (Å²) in [6.45, 7) is 4.20. The average molecular weight is 400 g/mol. The third-order valence-corrected chi connectivity index (χ3v) is 5.51. The Labute approximate surface area is 176 Å². The molecule has 0 aromatic heterocycles. The fraction of sp³-hybridized carbons (Fsp3) is 0.192. The van der Waals surface area contributed by atoms with Gasteiger partial charge < -0.3 is 5.32 Å². The number of benzene rings is 3. The predicted molar refractivity (Wildman–Crippen MR) is 120 cm³/mol. The van der Waals surface area contributed by atoms with Gasteiger partial charge in [0.15, 0.2) is 0 Å². The molecule has 3 nitrogen and oxygen atoms in total. The van der Waals surface area contributed by atoms with Gasteiger partial charge in [-0.25, -0.2) is 4.39 Å². The molecular formula is C26H25FN2O. The van der Waals surface area contributed by atoms with Gasteiger partial charge in [0.2, 0.25) is 0 Å². The summed E-state index contributed by atoms with van der Waals surface area (Å²) >= 11 is 0.